The van der Waals surface area contributed by atoms with Crippen molar-refractivity contribution in [3.05, 3.63) is 58.2 Å². The molecule has 0 unspecified atom stereocenters. The van der Waals surface area contributed by atoms with Gasteiger partial charge in [-0.3, -0.25) is 14.4 Å². The lowest BCUT2D eigenvalue weighted by molar-refractivity contribution is -0.120. The number of hydrogen-bond donors (Lipinski definition) is 2. The molecule has 2 aromatic heterocycles. The Hall–Kier alpha value is -3.53. The number of carbonyl (C=O) groups is 3. The second-order valence-electron chi connectivity index (χ2n) is 9.48. The van der Waals surface area contributed by atoms with Crippen LogP contribution in [0.25, 0.3) is 0 Å². The summed E-state index contributed by atoms with van der Waals surface area (Å²) >= 11 is 1.39. The average molecular weight is 523 g/mol. The van der Waals surface area contributed by atoms with Gasteiger partial charge < -0.3 is 10.6 Å². The highest BCUT2D eigenvalue weighted by atomic mass is 32.1. The highest BCUT2D eigenvalue weighted by molar-refractivity contribution is 7.15. The van der Waals surface area contributed by atoms with Gasteiger partial charge in [0.15, 0.2) is 5.82 Å². The highest BCUT2D eigenvalue weighted by Gasteiger charge is 2.11. The summed E-state index contributed by atoms with van der Waals surface area (Å²) in [6, 6.07) is 11.4. The van der Waals surface area contributed by atoms with Crippen LogP contribution in [0.2, 0.25) is 0 Å². The van der Waals surface area contributed by atoms with Crippen LogP contribution in [0, 0.1) is 5.92 Å². The molecule has 3 rings (SSSR count). The topological polar surface area (TPSA) is 127 Å². The van der Waals surface area contributed by atoms with Crippen molar-refractivity contribution < 1.29 is 14.4 Å². The van der Waals surface area contributed by atoms with E-state index in [0.29, 0.717) is 36.1 Å². The second-order valence-corrected chi connectivity index (χ2v) is 10.5. The maximum absolute atomic E-state index is 12.5. The van der Waals surface area contributed by atoms with E-state index in [1.807, 2.05) is 44.2 Å². The Labute approximate surface area is 221 Å². The van der Waals surface area contributed by atoms with E-state index in [-0.39, 0.29) is 24.0 Å². The molecule has 37 heavy (non-hydrogen) atoms. The zero-order chi connectivity index (χ0) is 26.6. The number of ketones is 1. The molecular formula is C27H34N6O3S. The van der Waals surface area contributed by atoms with Gasteiger partial charge in [0.25, 0.3) is 0 Å². The van der Waals surface area contributed by atoms with Crippen molar-refractivity contribution in [3.8, 4) is 0 Å². The Morgan fingerprint density at radius 3 is 2.41 bits per heavy atom. The SMILES string of the molecule is CC(=O)Nc1ccc(CCCCc2nnc(NC(=O)Cc3cccc(CCC(=O)CC(C)C)c3)s2)nn1. The minimum Gasteiger partial charge on any atom is -0.309 e. The third-order valence-corrected chi connectivity index (χ3v) is 6.39. The number of anilines is 2. The van der Waals surface area contributed by atoms with Gasteiger partial charge in [0.1, 0.15) is 10.8 Å². The van der Waals surface area contributed by atoms with E-state index >= 15 is 0 Å². The molecular weight excluding hydrogens is 488 g/mol. The minimum atomic E-state index is -0.175. The van der Waals surface area contributed by atoms with E-state index in [4.69, 9.17) is 0 Å². The van der Waals surface area contributed by atoms with Crippen molar-refractivity contribution in [1.29, 1.82) is 0 Å². The highest BCUT2D eigenvalue weighted by Crippen LogP contribution is 2.18. The number of Topliss-reactive ketones (excluding diaryl/α,β-unsaturated/α-hetero) is 1. The van der Waals surface area contributed by atoms with Crippen LogP contribution in [0.3, 0.4) is 0 Å². The van der Waals surface area contributed by atoms with Gasteiger partial charge in [0.05, 0.1) is 12.1 Å². The first-order valence-corrected chi connectivity index (χ1v) is 13.4. The van der Waals surface area contributed by atoms with Gasteiger partial charge >= 0.3 is 0 Å². The molecule has 0 fully saturated rings. The summed E-state index contributed by atoms with van der Waals surface area (Å²) < 4.78 is 0. The molecule has 0 saturated carbocycles. The van der Waals surface area contributed by atoms with Crippen molar-refractivity contribution in [2.45, 2.75) is 72.1 Å². The largest absolute Gasteiger partial charge is 0.309 e. The maximum atomic E-state index is 12.5. The molecule has 9 nitrogen and oxygen atoms in total. The molecule has 0 aliphatic heterocycles. The molecule has 10 heteroatoms. The molecule has 0 bridgehead atoms. The van der Waals surface area contributed by atoms with Gasteiger partial charge in [-0.05, 0) is 54.9 Å². The van der Waals surface area contributed by atoms with Crippen LogP contribution in [-0.4, -0.2) is 38.0 Å². The van der Waals surface area contributed by atoms with Crippen LogP contribution < -0.4 is 10.6 Å². The van der Waals surface area contributed by atoms with E-state index in [9.17, 15) is 14.4 Å². The first-order chi connectivity index (χ1) is 17.8. The molecule has 0 aliphatic carbocycles. The van der Waals surface area contributed by atoms with Crippen LogP contribution >= 0.6 is 11.3 Å². The Bertz CT molecular complexity index is 1190. The number of aromatic nitrogens is 4. The van der Waals surface area contributed by atoms with Crippen molar-refractivity contribution in [2.75, 3.05) is 10.6 Å². The van der Waals surface area contributed by atoms with Gasteiger partial charge in [-0.15, -0.1) is 15.3 Å². The molecule has 0 radical (unpaired) electrons. The number of benzene rings is 1. The Morgan fingerprint density at radius 2 is 1.68 bits per heavy atom. The lowest BCUT2D eigenvalue weighted by atomic mass is 9.99. The van der Waals surface area contributed by atoms with Crippen LogP contribution in [-0.2, 0) is 40.1 Å². The van der Waals surface area contributed by atoms with Crippen LogP contribution in [0.4, 0.5) is 10.9 Å². The van der Waals surface area contributed by atoms with E-state index in [0.717, 1.165) is 47.5 Å². The van der Waals surface area contributed by atoms with Crippen LogP contribution in [0.1, 0.15) is 68.3 Å². The number of unbranched alkanes of at least 4 members (excludes halogenated alkanes) is 1. The van der Waals surface area contributed by atoms with Crippen LogP contribution in [0.15, 0.2) is 36.4 Å². The van der Waals surface area contributed by atoms with Crippen molar-refractivity contribution in [1.82, 2.24) is 20.4 Å². The Morgan fingerprint density at radius 1 is 0.892 bits per heavy atom. The van der Waals surface area contributed by atoms with Gasteiger partial charge in [-0.25, -0.2) is 0 Å². The lowest BCUT2D eigenvalue weighted by Crippen LogP contribution is -2.14. The van der Waals surface area contributed by atoms with E-state index in [1.165, 1.54) is 18.3 Å². The fourth-order valence-electron chi connectivity index (χ4n) is 3.81. The average Bonchev–Trinajstić information content (AvgIpc) is 3.28. The van der Waals surface area contributed by atoms with Crippen molar-refractivity contribution in [3.63, 3.8) is 0 Å². The minimum absolute atomic E-state index is 0.142. The number of nitrogens with one attached hydrogen (secondary N) is 2. The van der Waals surface area contributed by atoms with Gasteiger partial charge in [0, 0.05) is 26.2 Å². The Kier molecular flexibility index (Phi) is 10.8. The number of nitrogens with zero attached hydrogens (tertiary/aromatic N) is 4. The van der Waals surface area contributed by atoms with Crippen molar-refractivity contribution in [2.24, 2.45) is 5.92 Å². The lowest BCUT2D eigenvalue weighted by Gasteiger charge is -2.06. The summed E-state index contributed by atoms with van der Waals surface area (Å²) in [4.78, 5) is 35.6. The fraction of sp³-hybridized carbons (Fsp3) is 0.444. The third-order valence-electron chi connectivity index (χ3n) is 5.50. The number of rotatable bonds is 14. The molecule has 2 N–H and O–H groups in total. The molecule has 2 heterocycles. The van der Waals surface area contributed by atoms with E-state index in [2.05, 4.69) is 31.0 Å². The second kappa shape index (κ2) is 14.3. The van der Waals surface area contributed by atoms with E-state index in [1.54, 1.807) is 6.07 Å². The monoisotopic (exact) mass is 522 g/mol. The number of amides is 2. The molecule has 3 aromatic rings. The number of carbonyl (C=O) groups excluding carboxylic acids is 3. The third kappa shape index (κ3) is 10.5. The standard InChI is InChI=1S/C27H34N6O3S/c1-18(2)15-23(35)13-11-20-7-6-8-21(16-20)17-25(36)29-27-33-32-26(37-27)10-5-4-9-22-12-14-24(31-30-22)28-19(3)34/h6-8,12,14,16,18H,4-5,9-11,13,15,17H2,1-3H3,(H,28,31,34)(H,29,33,36). The Balaban J connectivity index is 1.38. The fourth-order valence-corrected chi connectivity index (χ4v) is 4.61. The van der Waals surface area contributed by atoms with Gasteiger partial charge in [-0.1, -0.05) is 49.4 Å². The summed E-state index contributed by atoms with van der Waals surface area (Å²) in [5.41, 5.74) is 2.84. The number of aryl methyl sites for hydroxylation is 3. The van der Waals surface area contributed by atoms with Crippen LogP contribution in [0.5, 0.6) is 0 Å². The predicted octanol–water partition coefficient (Wildman–Crippen LogP) is 4.58. The first kappa shape index (κ1) is 28.0. The summed E-state index contributed by atoms with van der Waals surface area (Å²) in [7, 11) is 0. The molecule has 0 atom stereocenters. The molecule has 0 saturated heterocycles. The number of hydrogen-bond acceptors (Lipinski definition) is 8. The summed E-state index contributed by atoms with van der Waals surface area (Å²) in [5.74, 6) is 0.777. The predicted molar refractivity (Wildman–Crippen MR) is 144 cm³/mol. The summed E-state index contributed by atoms with van der Waals surface area (Å²) in [5, 5.41) is 23.2. The van der Waals surface area contributed by atoms with Gasteiger partial charge in [0.2, 0.25) is 16.9 Å². The van der Waals surface area contributed by atoms with E-state index < -0.39 is 0 Å². The maximum Gasteiger partial charge on any atom is 0.230 e. The normalized spacial score (nSPS) is 10.9. The molecule has 196 valence electrons. The summed E-state index contributed by atoms with van der Waals surface area (Å²) in [6.45, 7) is 5.53. The summed E-state index contributed by atoms with van der Waals surface area (Å²) in [6.07, 6.45) is 5.43. The van der Waals surface area contributed by atoms with Gasteiger partial charge in [-0.2, -0.15) is 5.10 Å². The molecule has 0 spiro atoms. The van der Waals surface area contributed by atoms with Crippen molar-refractivity contribution >= 4 is 39.9 Å². The molecule has 2 amide bonds. The zero-order valence-electron chi connectivity index (χ0n) is 21.6. The zero-order valence-corrected chi connectivity index (χ0v) is 22.4. The smallest absolute Gasteiger partial charge is 0.230 e. The molecule has 1 aromatic carbocycles. The molecule has 0 aliphatic rings. The first-order valence-electron chi connectivity index (χ1n) is 12.6. The quantitative estimate of drug-likeness (QED) is 0.297.